The summed E-state index contributed by atoms with van der Waals surface area (Å²) in [5.74, 6) is 6.40. The van der Waals surface area contributed by atoms with E-state index in [0.29, 0.717) is 4.77 Å². The number of nitrogen functional groups attached to an aromatic ring is 1. The van der Waals surface area contributed by atoms with Crippen LogP contribution < -0.4 is 5.84 Å². The number of thiophene rings is 1. The van der Waals surface area contributed by atoms with Gasteiger partial charge in [0.15, 0.2) is 5.82 Å². The van der Waals surface area contributed by atoms with Gasteiger partial charge in [-0.15, -0.1) is 11.3 Å². The summed E-state index contributed by atoms with van der Waals surface area (Å²) < 4.78 is 1.85. The maximum Gasteiger partial charge on any atom is 0.214 e. The minimum absolute atomic E-state index is 0.451. The topological polar surface area (TPSA) is 59.6 Å². The van der Waals surface area contributed by atoms with Gasteiger partial charge in [-0.05, 0) is 23.7 Å². The summed E-state index contributed by atoms with van der Waals surface area (Å²) in [4.78, 5) is 1.22. The van der Waals surface area contributed by atoms with Crippen molar-refractivity contribution in [1.29, 1.82) is 0 Å². The molecule has 2 rings (SSSR count). The van der Waals surface area contributed by atoms with E-state index in [9.17, 15) is 0 Å². The lowest BCUT2D eigenvalue weighted by Gasteiger charge is -1.96. The number of hydrogen-bond donors (Lipinski definition) is 2. The molecule has 68 valence electrons. The number of H-pyrrole nitrogens is 1. The molecule has 0 bridgehead atoms. The summed E-state index contributed by atoms with van der Waals surface area (Å²) in [6.45, 7) is 0. The fraction of sp³-hybridized carbons (Fsp3) is 0.143. The Labute approximate surface area is 84.0 Å². The van der Waals surface area contributed by atoms with E-state index in [4.69, 9.17) is 18.1 Å². The number of aromatic amines is 1. The highest BCUT2D eigenvalue weighted by molar-refractivity contribution is 7.71. The second kappa shape index (κ2) is 3.31. The summed E-state index contributed by atoms with van der Waals surface area (Å²) >= 11 is 6.57. The fourth-order valence-corrected chi connectivity index (χ4v) is 1.88. The number of aromatic nitrogens is 3. The Morgan fingerprint density at radius 3 is 3.08 bits per heavy atom. The highest BCUT2D eigenvalue weighted by Gasteiger charge is 2.04. The summed E-state index contributed by atoms with van der Waals surface area (Å²) in [7, 11) is 0. The standard InChI is InChI=1S/C7H8N4S2/c8-11-6(9-10-7(11)12)4-5-2-1-3-13-5/h1-3H,4,8H2,(H,10,12). The Morgan fingerprint density at radius 2 is 2.54 bits per heavy atom. The second-order valence-corrected chi connectivity index (χ2v) is 3.99. The van der Waals surface area contributed by atoms with Crippen LogP contribution in [0.3, 0.4) is 0 Å². The minimum Gasteiger partial charge on any atom is -0.335 e. The molecule has 0 atom stereocenters. The zero-order valence-corrected chi connectivity index (χ0v) is 8.36. The lowest BCUT2D eigenvalue weighted by atomic mass is 10.3. The molecule has 0 aliphatic carbocycles. The quantitative estimate of drug-likeness (QED) is 0.583. The van der Waals surface area contributed by atoms with E-state index in [-0.39, 0.29) is 0 Å². The third-order valence-electron chi connectivity index (χ3n) is 1.69. The average Bonchev–Trinajstić information content (AvgIpc) is 2.71. The molecule has 0 unspecified atom stereocenters. The predicted molar refractivity (Wildman–Crippen MR) is 54.7 cm³/mol. The molecule has 0 aromatic carbocycles. The van der Waals surface area contributed by atoms with Crippen LogP contribution in [0.2, 0.25) is 0 Å². The van der Waals surface area contributed by atoms with Crippen LogP contribution in [0, 0.1) is 4.77 Å². The Hall–Kier alpha value is -1.14. The fourth-order valence-electron chi connectivity index (χ4n) is 1.03. The van der Waals surface area contributed by atoms with Gasteiger partial charge in [0.2, 0.25) is 4.77 Å². The number of rotatable bonds is 2. The molecule has 4 nitrogen and oxygen atoms in total. The molecule has 3 N–H and O–H groups in total. The minimum atomic E-state index is 0.451. The zero-order valence-electron chi connectivity index (χ0n) is 6.73. The Kier molecular flexibility index (Phi) is 2.15. The maximum absolute atomic E-state index is 5.64. The van der Waals surface area contributed by atoms with Crippen LogP contribution in [0.25, 0.3) is 0 Å². The van der Waals surface area contributed by atoms with Crippen molar-refractivity contribution in [1.82, 2.24) is 14.9 Å². The van der Waals surface area contributed by atoms with Gasteiger partial charge in [-0.2, -0.15) is 5.10 Å². The monoisotopic (exact) mass is 212 g/mol. The van der Waals surface area contributed by atoms with E-state index in [2.05, 4.69) is 10.2 Å². The first-order chi connectivity index (χ1) is 6.27. The smallest absolute Gasteiger partial charge is 0.214 e. The molecule has 2 aromatic rings. The van der Waals surface area contributed by atoms with Crippen LogP contribution >= 0.6 is 23.6 Å². The first-order valence-corrected chi connectivity index (χ1v) is 5.00. The predicted octanol–water partition coefficient (Wildman–Crippen LogP) is 1.31. The number of nitrogens with two attached hydrogens (primary N) is 1. The van der Waals surface area contributed by atoms with Crippen molar-refractivity contribution in [3.63, 3.8) is 0 Å². The molecule has 0 aliphatic rings. The molecule has 13 heavy (non-hydrogen) atoms. The summed E-state index contributed by atoms with van der Waals surface area (Å²) in [5, 5.41) is 8.69. The normalized spacial score (nSPS) is 10.5. The Morgan fingerprint density at radius 1 is 1.69 bits per heavy atom. The van der Waals surface area contributed by atoms with Gasteiger partial charge in [-0.25, -0.2) is 4.68 Å². The van der Waals surface area contributed by atoms with Crippen molar-refractivity contribution in [2.75, 3.05) is 5.84 Å². The second-order valence-electron chi connectivity index (χ2n) is 2.57. The van der Waals surface area contributed by atoms with Gasteiger partial charge >= 0.3 is 0 Å². The molecular formula is C7H8N4S2. The molecule has 0 spiro atoms. The van der Waals surface area contributed by atoms with E-state index in [1.54, 1.807) is 11.3 Å². The van der Waals surface area contributed by atoms with Crippen LogP contribution in [0.15, 0.2) is 17.5 Å². The van der Waals surface area contributed by atoms with E-state index in [0.717, 1.165) is 12.2 Å². The maximum atomic E-state index is 5.64. The van der Waals surface area contributed by atoms with Crippen molar-refractivity contribution in [3.05, 3.63) is 33.0 Å². The SMILES string of the molecule is Nn1c(Cc2cccs2)n[nH]c1=S. The molecular weight excluding hydrogens is 204 g/mol. The van der Waals surface area contributed by atoms with Crippen molar-refractivity contribution >= 4 is 23.6 Å². The van der Waals surface area contributed by atoms with E-state index in [1.165, 1.54) is 9.55 Å². The highest BCUT2D eigenvalue weighted by atomic mass is 32.1. The van der Waals surface area contributed by atoms with Gasteiger partial charge in [0.1, 0.15) is 0 Å². The number of hydrogen-bond acceptors (Lipinski definition) is 4. The number of nitrogens with zero attached hydrogens (tertiary/aromatic N) is 2. The molecule has 0 saturated heterocycles. The van der Waals surface area contributed by atoms with Gasteiger partial charge in [0.05, 0.1) is 0 Å². The number of nitrogens with one attached hydrogen (secondary N) is 1. The van der Waals surface area contributed by atoms with Crippen molar-refractivity contribution in [2.24, 2.45) is 0 Å². The summed E-state index contributed by atoms with van der Waals surface area (Å²) in [5.41, 5.74) is 0. The highest BCUT2D eigenvalue weighted by Crippen LogP contribution is 2.12. The third-order valence-corrected chi connectivity index (χ3v) is 2.85. The molecule has 0 radical (unpaired) electrons. The van der Waals surface area contributed by atoms with Gasteiger partial charge in [0.25, 0.3) is 0 Å². The van der Waals surface area contributed by atoms with Crippen molar-refractivity contribution < 1.29 is 0 Å². The average molecular weight is 212 g/mol. The largest absolute Gasteiger partial charge is 0.335 e. The molecule has 2 aromatic heterocycles. The van der Waals surface area contributed by atoms with E-state index >= 15 is 0 Å². The Bertz CT molecular complexity index is 439. The van der Waals surface area contributed by atoms with Gasteiger partial charge in [0, 0.05) is 11.3 Å². The lowest BCUT2D eigenvalue weighted by Crippen LogP contribution is -2.12. The molecule has 0 saturated carbocycles. The van der Waals surface area contributed by atoms with E-state index in [1.807, 2.05) is 17.5 Å². The first-order valence-electron chi connectivity index (χ1n) is 3.71. The van der Waals surface area contributed by atoms with Gasteiger partial charge in [-0.1, -0.05) is 6.07 Å². The Balaban J connectivity index is 2.29. The van der Waals surface area contributed by atoms with Crippen molar-refractivity contribution in [2.45, 2.75) is 6.42 Å². The zero-order chi connectivity index (χ0) is 9.26. The molecule has 2 heterocycles. The molecule has 0 amide bonds. The lowest BCUT2D eigenvalue weighted by molar-refractivity contribution is 0.875. The third kappa shape index (κ3) is 1.63. The molecule has 0 aliphatic heterocycles. The van der Waals surface area contributed by atoms with Gasteiger partial charge in [-0.3, -0.25) is 5.10 Å². The van der Waals surface area contributed by atoms with Crippen LogP contribution in [0.1, 0.15) is 10.7 Å². The first kappa shape index (κ1) is 8.46. The molecule has 6 heteroatoms. The van der Waals surface area contributed by atoms with Crippen LogP contribution in [-0.4, -0.2) is 14.9 Å². The van der Waals surface area contributed by atoms with Gasteiger partial charge < -0.3 is 5.84 Å². The van der Waals surface area contributed by atoms with Crippen molar-refractivity contribution in [3.8, 4) is 0 Å². The summed E-state index contributed by atoms with van der Waals surface area (Å²) in [6, 6.07) is 4.05. The van der Waals surface area contributed by atoms with E-state index < -0.39 is 0 Å². The molecule has 0 fully saturated rings. The van der Waals surface area contributed by atoms with Crippen LogP contribution in [0.5, 0.6) is 0 Å². The van der Waals surface area contributed by atoms with Crippen LogP contribution in [-0.2, 0) is 6.42 Å². The summed E-state index contributed by atoms with van der Waals surface area (Å²) in [6.07, 6.45) is 0.724. The van der Waals surface area contributed by atoms with Crippen LogP contribution in [0.4, 0.5) is 0 Å².